The first-order valence-corrected chi connectivity index (χ1v) is 12.8. The number of hydrogen-bond donors (Lipinski definition) is 1. The Morgan fingerprint density at radius 1 is 1.09 bits per heavy atom. The number of amides is 2. The number of esters is 1. The van der Waals surface area contributed by atoms with Crippen LogP contribution in [0.2, 0.25) is 0 Å². The van der Waals surface area contributed by atoms with E-state index in [1.165, 1.54) is 0 Å². The first kappa shape index (κ1) is 23.4. The van der Waals surface area contributed by atoms with E-state index in [1.807, 2.05) is 29.2 Å². The number of carbonyl (C=O) groups is 3. The maximum atomic E-state index is 13.9. The number of likely N-dealkylation sites (tertiary alicyclic amines) is 1. The molecule has 1 spiro atoms. The minimum absolute atomic E-state index is 0.00887. The van der Waals surface area contributed by atoms with Crippen LogP contribution >= 0.6 is 11.8 Å². The maximum absolute atomic E-state index is 13.9. The van der Waals surface area contributed by atoms with Crippen LogP contribution in [0.3, 0.4) is 0 Å². The molecule has 0 aromatic rings. The van der Waals surface area contributed by atoms with Gasteiger partial charge in [0.1, 0.15) is 12.6 Å². The van der Waals surface area contributed by atoms with Crippen LogP contribution in [-0.2, 0) is 19.1 Å². The topological polar surface area (TPSA) is 87.2 Å². The third kappa shape index (κ3) is 4.00. The van der Waals surface area contributed by atoms with Gasteiger partial charge in [0.05, 0.1) is 16.6 Å². The van der Waals surface area contributed by atoms with Crippen molar-refractivity contribution >= 4 is 29.5 Å². The van der Waals surface area contributed by atoms with Crippen molar-refractivity contribution in [1.82, 2.24) is 9.80 Å². The molecule has 8 heteroatoms. The lowest BCUT2D eigenvalue weighted by Gasteiger charge is -2.35. The van der Waals surface area contributed by atoms with E-state index in [1.54, 1.807) is 16.7 Å². The van der Waals surface area contributed by atoms with Gasteiger partial charge in [0.25, 0.3) is 0 Å². The van der Waals surface area contributed by atoms with Gasteiger partial charge in [-0.1, -0.05) is 44.1 Å². The zero-order valence-electron chi connectivity index (χ0n) is 18.8. The summed E-state index contributed by atoms with van der Waals surface area (Å²) in [6.45, 7) is 4.17. The lowest BCUT2D eigenvalue weighted by Crippen LogP contribution is -2.53. The number of carbonyl (C=O) groups excluding carboxylic acids is 3. The first-order chi connectivity index (χ1) is 15.5. The van der Waals surface area contributed by atoms with Gasteiger partial charge in [-0.2, -0.15) is 0 Å². The molecule has 1 N–H and O–H groups in total. The third-order valence-corrected chi connectivity index (χ3v) is 8.83. The largest absolute Gasteiger partial charge is 0.461 e. The molecule has 0 bridgehead atoms. The number of ether oxygens (including phenoxy) is 1. The molecule has 1 unspecified atom stereocenters. The van der Waals surface area contributed by atoms with E-state index in [4.69, 9.17) is 9.84 Å². The number of nitrogens with zero attached hydrogens (tertiary/aromatic N) is 2. The second-order valence-electron chi connectivity index (χ2n) is 9.11. The average molecular weight is 463 g/mol. The van der Waals surface area contributed by atoms with Gasteiger partial charge in [0.15, 0.2) is 0 Å². The van der Waals surface area contributed by atoms with Crippen molar-refractivity contribution in [3.05, 3.63) is 24.3 Å². The van der Waals surface area contributed by atoms with Gasteiger partial charge in [0.2, 0.25) is 11.8 Å². The van der Waals surface area contributed by atoms with E-state index in [-0.39, 0.29) is 36.2 Å². The van der Waals surface area contributed by atoms with Crippen molar-refractivity contribution in [2.45, 2.75) is 61.5 Å². The summed E-state index contributed by atoms with van der Waals surface area (Å²) in [7, 11) is 0. The first-order valence-electron chi connectivity index (χ1n) is 11.9. The summed E-state index contributed by atoms with van der Waals surface area (Å²) in [4.78, 5) is 44.1. The van der Waals surface area contributed by atoms with Gasteiger partial charge in [-0.3, -0.25) is 14.4 Å². The summed E-state index contributed by atoms with van der Waals surface area (Å²) in [6.07, 6.45) is 13.2. The fraction of sp³-hybridized carbons (Fsp3) is 0.708. The summed E-state index contributed by atoms with van der Waals surface area (Å²) in [5.41, 5.74) is 0. The van der Waals surface area contributed by atoms with Crippen LogP contribution in [0.4, 0.5) is 0 Å². The highest BCUT2D eigenvalue weighted by molar-refractivity contribution is 8.02. The Balaban J connectivity index is 1.68. The molecule has 0 radical (unpaired) electrons. The van der Waals surface area contributed by atoms with Gasteiger partial charge < -0.3 is 19.6 Å². The van der Waals surface area contributed by atoms with Gasteiger partial charge in [0, 0.05) is 31.5 Å². The summed E-state index contributed by atoms with van der Waals surface area (Å²) in [5, 5.41) is 8.95. The van der Waals surface area contributed by atoms with Gasteiger partial charge in [-0.05, 0) is 25.7 Å². The summed E-state index contributed by atoms with van der Waals surface area (Å²) >= 11 is 1.59. The Hall–Kier alpha value is -1.80. The minimum atomic E-state index is -0.749. The van der Waals surface area contributed by atoms with Gasteiger partial charge in [-0.15, -0.1) is 11.8 Å². The predicted octanol–water partition coefficient (Wildman–Crippen LogP) is 2.15. The Morgan fingerprint density at radius 3 is 2.69 bits per heavy atom. The molecular formula is C24H34N2O5S. The van der Waals surface area contributed by atoms with Crippen LogP contribution in [0.25, 0.3) is 0 Å². The zero-order valence-corrected chi connectivity index (χ0v) is 19.6. The lowest BCUT2D eigenvalue weighted by molar-refractivity contribution is -0.151. The highest BCUT2D eigenvalue weighted by atomic mass is 32.2. The summed E-state index contributed by atoms with van der Waals surface area (Å²) in [6, 6.07) is -0.604. The molecule has 4 aliphatic rings. The van der Waals surface area contributed by atoms with E-state index in [2.05, 4.69) is 6.92 Å². The standard InChI is InChI=1S/C24H34N2O5S/c1-2-3-5-12-25-13-9-11-24-19(18-17(32-24)10-8-16-31-23(18)30)21(28)26(20(24)22(25)29)14-6-4-7-15-27/h8-11,17-20,27H,2-7,12-16H2,1H3/t17-,18+,19-,20?,24-/m0/s1. The van der Waals surface area contributed by atoms with Crippen molar-refractivity contribution < 1.29 is 24.2 Å². The highest BCUT2D eigenvalue weighted by Gasteiger charge is 2.70. The SMILES string of the molecule is CCCCCN1CC=C[C@]23S[C@H]4C=CCOC(=O)[C@H]4[C@H]2C(=O)N(CCCCCO)C3C1=O. The Labute approximate surface area is 194 Å². The molecule has 0 saturated carbocycles. The average Bonchev–Trinajstić information content (AvgIpc) is 3.07. The molecule has 176 valence electrons. The van der Waals surface area contributed by atoms with E-state index >= 15 is 0 Å². The zero-order chi connectivity index (χ0) is 22.7. The smallest absolute Gasteiger partial charge is 0.311 e. The number of cyclic esters (lactones) is 1. The lowest BCUT2D eigenvalue weighted by atomic mass is 9.78. The highest BCUT2D eigenvalue weighted by Crippen LogP contribution is 2.60. The third-order valence-electron chi connectivity index (χ3n) is 7.09. The number of rotatable bonds is 9. The van der Waals surface area contributed by atoms with E-state index in [0.29, 0.717) is 26.1 Å². The van der Waals surface area contributed by atoms with E-state index in [0.717, 1.165) is 32.1 Å². The van der Waals surface area contributed by atoms with Crippen LogP contribution in [0.5, 0.6) is 0 Å². The monoisotopic (exact) mass is 462 g/mol. The predicted molar refractivity (Wildman–Crippen MR) is 123 cm³/mol. The number of aliphatic hydroxyl groups is 1. The Morgan fingerprint density at radius 2 is 1.91 bits per heavy atom. The molecule has 5 atom stereocenters. The Bertz CT molecular complexity index is 799. The Kier molecular flexibility index (Phi) is 7.30. The van der Waals surface area contributed by atoms with Crippen molar-refractivity contribution in [2.75, 3.05) is 32.8 Å². The number of unbranched alkanes of at least 4 members (excludes halogenated alkanes) is 4. The van der Waals surface area contributed by atoms with Gasteiger partial charge >= 0.3 is 5.97 Å². The molecule has 0 aromatic heterocycles. The molecule has 0 aromatic carbocycles. The number of aliphatic hydroxyl groups excluding tert-OH is 1. The van der Waals surface area contributed by atoms with Gasteiger partial charge in [-0.25, -0.2) is 0 Å². The molecule has 7 nitrogen and oxygen atoms in total. The molecule has 2 fully saturated rings. The van der Waals surface area contributed by atoms with Crippen LogP contribution in [-0.4, -0.2) is 81.6 Å². The van der Waals surface area contributed by atoms with Crippen molar-refractivity contribution in [1.29, 1.82) is 0 Å². The van der Waals surface area contributed by atoms with E-state index < -0.39 is 22.6 Å². The summed E-state index contributed by atoms with van der Waals surface area (Å²) < 4.78 is 4.64. The molecular weight excluding hydrogens is 428 g/mol. The number of thioether (sulfide) groups is 1. The molecule has 2 saturated heterocycles. The maximum Gasteiger partial charge on any atom is 0.311 e. The quantitative estimate of drug-likeness (QED) is 0.321. The molecule has 4 aliphatic heterocycles. The second kappa shape index (κ2) is 10.00. The minimum Gasteiger partial charge on any atom is -0.461 e. The molecule has 4 heterocycles. The van der Waals surface area contributed by atoms with E-state index in [9.17, 15) is 14.4 Å². The molecule has 0 aliphatic carbocycles. The van der Waals surface area contributed by atoms with Crippen molar-refractivity contribution in [3.63, 3.8) is 0 Å². The number of hydrogen-bond acceptors (Lipinski definition) is 6. The normalized spacial score (nSPS) is 33.6. The van der Waals surface area contributed by atoms with Crippen LogP contribution in [0.15, 0.2) is 24.3 Å². The van der Waals surface area contributed by atoms with Crippen LogP contribution in [0.1, 0.15) is 45.4 Å². The van der Waals surface area contributed by atoms with Crippen molar-refractivity contribution in [2.24, 2.45) is 11.8 Å². The fourth-order valence-corrected chi connectivity index (χ4v) is 7.58. The van der Waals surface area contributed by atoms with Crippen molar-refractivity contribution in [3.8, 4) is 0 Å². The molecule has 32 heavy (non-hydrogen) atoms. The molecule has 2 amide bonds. The fourth-order valence-electron chi connectivity index (χ4n) is 5.58. The van der Waals surface area contributed by atoms with Crippen LogP contribution < -0.4 is 0 Å². The number of fused-ring (bicyclic) bond motifs is 2. The van der Waals surface area contributed by atoms with Crippen LogP contribution in [0, 0.1) is 11.8 Å². The second-order valence-corrected chi connectivity index (χ2v) is 10.6. The molecule has 4 rings (SSSR count). The summed E-state index contributed by atoms with van der Waals surface area (Å²) in [5.74, 6) is -1.62.